The van der Waals surface area contributed by atoms with Crippen molar-refractivity contribution >= 4 is 11.2 Å². The first-order chi connectivity index (χ1) is 8.25. The van der Waals surface area contributed by atoms with Gasteiger partial charge in [-0.15, -0.1) is 0 Å². The molecule has 0 spiro atoms. The zero-order chi connectivity index (χ0) is 12.1. The van der Waals surface area contributed by atoms with Crippen molar-refractivity contribution in [2.24, 2.45) is 0 Å². The summed E-state index contributed by atoms with van der Waals surface area (Å²) in [5.41, 5.74) is 1.13. The zero-order valence-corrected chi connectivity index (χ0v) is 10.4. The fourth-order valence-electron chi connectivity index (χ4n) is 1.47. The maximum Gasteiger partial charge on any atom is 0.152 e. The van der Waals surface area contributed by atoms with Gasteiger partial charge in [-0.2, -0.15) is 0 Å². The molecular weight excluding hydrogens is 232 g/mol. The van der Waals surface area contributed by atoms with Crippen LogP contribution in [0.5, 0.6) is 5.75 Å². The highest BCUT2D eigenvalue weighted by molar-refractivity contribution is 7.90. The molecular formula is C14H14O2S. The van der Waals surface area contributed by atoms with Gasteiger partial charge in [-0.25, -0.2) is 0 Å². The fourth-order valence-corrected chi connectivity index (χ4v) is 1.99. The van der Waals surface area contributed by atoms with Gasteiger partial charge in [-0.3, -0.25) is 0 Å². The Labute approximate surface area is 104 Å². The molecule has 0 aliphatic rings. The van der Waals surface area contributed by atoms with Crippen LogP contribution in [0.25, 0.3) is 0 Å². The maximum absolute atomic E-state index is 11.2. The van der Waals surface area contributed by atoms with E-state index in [0.717, 1.165) is 16.2 Å². The molecule has 2 aromatic carbocycles. The standard InChI is InChI=1S/C14H14O2S/c1-17(15)14-9-7-13(8-10-14)16-11-12-5-3-2-4-6-12/h2-10H,11H2,1H3. The molecule has 0 N–H and O–H groups in total. The fraction of sp³-hybridized carbons (Fsp3) is 0.143. The number of rotatable bonds is 4. The first-order valence-corrected chi connectivity index (χ1v) is 6.92. The van der Waals surface area contributed by atoms with Gasteiger partial charge in [0.25, 0.3) is 0 Å². The second kappa shape index (κ2) is 5.75. The van der Waals surface area contributed by atoms with Crippen LogP contribution >= 0.6 is 0 Å². The smallest absolute Gasteiger partial charge is 0.152 e. The summed E-state index contributed by atoms with van der Waals surface area (Å²) in [5.74, 6) is 0.794. The van der Waals surface area contributed by atoms with E-state index in [2.05, 4.69) is 0 Å². The molecule has 2 aromatic rings. The van der Waals surface area contributed by atoms with E-state index in [0.29, 0.717) is 6.61 Å². The summed E-state index contributed by atoms with van der Waals surface area (Å²) >= 11 is -0.933. The Kier molecular flexibility index (Phi) is 4.07. The van der Waals surface area contributed by atoms with E-state index in [1.54, 1.807) is 6.26 Å². The van der Waals surface area contributed by atoms with Crippen molar-refractivity contribution in [1.29, 1.82) is 0 Å². The maximum atomic E-state index is 11.2. The third-order valence-corrected chi connectivity index (χ3v) is 3.34. The van der Waals surface area contributed by atoms with Crippen molar-refractivity contribution in [3.8, 4) is 5.75 Å². The van der Waals surface area contributed by atoms with Crippen LogP contribution < -0.4 is 4.74 Å². The number of ether oxygens (including phenoxy) is 1. The van der Waals surface area contributed by atoms with Crippen molar-refractivity contribution < 1.29 is 9.29 Å². The normalized spacial score (nSPS) is 12.1. The van der Waals surface area contributed by atoms with Gasteiger partial charge in [-0.1, -0.05) is 30.3 Å². The second-order valence-electron chi connectivity index (χ2n) is 3.70. The van der Waals surface area contributed by atoms with Gasteiger partial charge in [0, 0.05) is 0 Å². The quantitative estimate of drug-likeness (QED) is 0.777. The molecule has 0 aliphatic carbocycles. The first-order valence-electron chi connectivity index (χ1n) is 5.36. The van der Waals surface area contributed by atoms with Crippen LogP contribution in [-0.4, -0.2) is 10.8 Å². The topological polar surface area (TPSA) is 32.3 Å². The van der Waals surface area contributed by atoms with Gasteiger partial charge in [0.05, 0.1) is 0 Å². The van der Waals surface area contributed by atoms with Crippen LogP contribution in [-0.2, 0) is 17.8 Å². The largest absolute Gasteiger partial charge is 0.612 e. The molecule has 2 nitrogen and oxygen atoms in total. The Balaban J connectivity index is 1.96. The third kappa shape index (κ3) is 3.51. The Morgan fingerprint density at radius 2 is 1.65 bits per heavy atom. The summed E-state index contributed by atoms with van der Waals surface area (Å²) in [5, 5.41) is 0. The van der Waals surface area contributed by atoms with Crippen LogP contribution in [0, 0.1) is 0 Å². The van der Waals surface area contributed by atoms with Crippen molar-refractivity contribution in [2.45, 2.75) is 11.5 Å². The molecule has 0 fully saturated rings. The second-order valence-corrected chi connectivity index (χ2v) is 5.08. The Bertz CT molecular complexity index is 451. The molecule has 0 saturated carbocycles. The highest BCUT2D eigenvalue weighted by Gasteiger charge is 2.03. The van der Waals surface area contributed by atoms with E-state index in [-0.39, 0.29) is 0 Å². The Hall–Kier alpha value is -1.45. The lowest BCUT2D eigenvalue weighted by Crippen LogP contribution is -1.98. The monoisotopic (exact) mass is 246 g/mol. The van der Waals surface area contributed by atoms with Crippen LogP contribution in [0.15, 0.2) is 59.5 Å². The summed E-state index contributed by atoms with van der Waals surface area (Å²) in [6.45, 7) is 0.551. The SMILES string of the molecule is C[S+]([O-])c1ccc(OCc2ccccc2)cc1. The van der Waals surface area contributed by atoms with Gasteiger partial charge in [0.1, 0.15) is 18.6 Å². The van der Waals surface area contributed by atoms with Crippen LogP contribution in [0.1, 0.15) is 5.56 Å². The highest BCUT2D eigenvalue weighted by atomic mass is 32.2. The average molecular weight is 246 g/mol. The number of benzene rings is 2. The van der Waals surface area contributed by atoms with E-state index >= 15 is 0 Å². The molecule has 0 radical (unpaired) electrons. The molecule has 1 unspecified atom stereocenters. The van der Waals surface area contributed by atoms with Crippen LogP contribution in [0.3, 0.4) is 0 Å². The van der Waals surface area contributed by atoms with Crippen molar-refractivity contribution in [3.05, 3.63) is 60.2 Å². The van der Waals surface area contributed by atoms with Gasteiger partial charge in [-0.05, 0) is 41.0 Å². The zero-order valence-electron chi connectivity index (χ0n) is 9.63. The minimum absolute atomic E-state index is 0.551. The molecule has 0 bridgehead atoms. The lowest BCUT2D eigenvalue weighted by Gasteiger charge is -2.07. The first kappa shape index (κ1) is 12.0. The minimum Gasteiger partial charge on any atom is -0.612 e. The van der Waals surface area contributed by atoms with Gasteiger partial charge < -0.3 is 9.29 Å². The number of hydrogen-bond donors (Lipinski definition) is 0. The molecule has 0 saturated heterocycles. The molecule has 88 valence electrons. The summed E-state index contributed by atoms with van der Waals surface area (Å²) in [6.07, 6.45) is 1.67. The van der Waals surface area contributed by atoms with Crippen molar-refractivity contribution in [2.75, 3.05) is 6.26 Å². The molecule has 1 atom stereocenters. The molecule has 0 heterocycles. The van der Waals surface area contributed by atoms with Gasteiger partial charge >= 0.3 is 0 Å². The van der Waals surface area contributed by atoms with Crippen LogP contribution in [0.4, 0.5) is 0 Å². The summed E-state index contributed by atoms with van der Waals surface area (Å²) in [7, 11) is 0. The predicted molar refractivity (Wildman–Crippen MR) is 69.5 cm³/mol. The predicted octanol–water partition coefficient (Wildman–Crippen LogP) is 3.00. The lowest BCUT2D eigenvalue weighted by atomic mass is 10.2. The van der Waals surface area contributed by atoms with Crippen molar-refractivity contribution in [3.63, 3.8) is 0 Å². The third-order valence-electron chi connectivity index (χ3n) is 2.40. The molecule has 17 heavy (non-hydrogen) atoms. The Morgan fingerprint density at radius 3 is 2.24 bits per heavy atom. The molecule has 0 aromatic heterocycles. The molecule has 0 amide bonds. The van der Waals surface area contributed by atoms with Gasteiger partial charge in [0.15, 0.2) is 4.90 Å². The Morgan fingerprint density at radius 1 is 1.00 bits per heavy atom. The molecule has 2 rings (SSSR count). The highest BCUT2D eigenvalue weighted by Crippen LogP contribution is 2.16. The summed E-state index contributed by atoms with van der Waals surface area (Å²) in [6, 6.07) is 17.4. The molecule has 3 heteroatoms. The molecule has 0 aliphatic heterocycles. The van der Waals surface area contributed by atoms with Crippen molar-refractivity contribution in [1.82, 2.24) is 0 Å². The van der Waals surface area contributed by atoms with E-state index in [1.807, 2.05) is 54.6 Å². The van der Waals surface area contributed by atoms with E-state index in [4.69, 9.17) is 4.74 Å². The van der Waals surface area contributed by atoms with Gasteiger partial charge in [0.2, 0.25) is 0 Å². The lowest BCUT2D eigenvalue weighted by molar-refractivity contribution is 0.306. The van der Waals surface area contributed by atoms with E-state index < -0.39 is 11.2 Å². The van der Waals surface area contributed by atoms with Crippen LogP contribution in [0.2, 0.25) is 0 Å². The van der Waals surface area contributed by atoms with E-state index in [9.17, 15) is 4.55 Å². The van der Waals surface area contributed by atoms with E-state index in [1.165, 1.54) is 0 Å². The summed E-state index contributed by atoms with van der Waals surface area (Å²) in [4.78, 5) is 0.817. The minimum atomic E-state index is -0.933. The average Bonchev–Trinajstić information content (AvgIpc) is 2.38. The number of hydrogen-bond acceptors (Lipinski definition) is 2. The summed E-state index contributed by atoms with van der Waals surface area (Å²) < 4.78 is 16.8.